The van der Waals surface area contributed by atoms with Gasteiger partial charge in [-0.15, -0.1) is 0 Å². The van der Waals surface area contributed by atoms with Crippen molar-refractivity contribution in [3.8, 4) is 0 Å². The topological polar surface area (TPSA) is 94.8 Å². The van der Waals surface area contributed by atoms with Crippen LogP contribution >= 0.6 is 0 Å². The summed E-state index contributed by atoms with van der Waals surface area (Å²) in [5.41, 5.74) is 5.31. The van der Waals surface area contributed by atoms with Crippen LogP contribution in [0.15, 0.2) is 5.57 Å². The Labute approximate surface area is 66.0 Å². The highest BCUT2D eigenvalue weighted by molar-refractivity contribution is 5.53. The van der Waals surface area contributed by atoms with Gasteiger partial charge in [0.2, 0.25) is 0 Å². The Morgan fingerprint density at radius 2 is 2.27 bits per heavy atom. The van der Waals surface area contributed by atoms with Gasteiger partial charge in [0.15, 0.2) is 0 Å². The summed E-state index contributed by atoms with van der Waals surface area (Å²) < 4.78 is 0. The van der Waals surface area contributed by atoms with E-state index in [2.05, 4.69) is 0 Å². The quantitative estimate of drug-likeness (QED) is 0.425. The molecule has 0 rings (SSSR count). The molecule has 66 valence electrons. The maximum Gasteiger partial charge on any atom is 0.135 e. The monoisotopic (exact) mass is 161 g/mol. The summed E-state index contributed by atoms with van der Waals surface area (Å²) in [4.78, 5) is 10.1. The fourth-order valence-electron chi connectivity index (χ4n) is 0.627. The molecule has 4 heteroatoms. The molecule has 11 heavy (non-hydrogen) atoms. The predicted molar refractivity (Wildman–Crippen MR) is 42.5 cm³/mol. The number of aliphatic hydroxyl groups excluding tert-OH is 1. The Hall–Kier alpha value is -0.670. The van der Waals surface area contributed by atoms with Gasteiger partial charge in [-0.3, -0.25) is 0 Å². The lowest BCUT2D eigenvalue weighted by Gasteiger charge is -2.03. The van der Waals surface area contributed by atoms with Crippen LogP contribution in [0, 0.1) is 0 Å². The maximum atomic E-state index is 10.1. The van der Waals surface area contributed by atoms with Crippen molar-refractivity contribution in [1.29, 1.82) is 0 Å². The molecule has 0 aliphatic carbocycles. The van der Waals surface area contributed by atoms with Gasteiger partial charge in [0.25, 0.3) is 0 Å². The second-order valence-electron chi connectivity index (χ2n) is 2.18. The van der Waals surface area contributed by atoms with E-state index in [1.165, 1.54) is 0 Å². The highest BCUT2D eigenvalue weighted by Gasteiger charge is 2.04. The molecule has 0 fully saturated rings. The van der Waals surface area contributed by atoms with E-state index in [4.69, 9.17) is 10.8 Å². The molecule has 0 amide bonds. The molecule has 1 atom stereocenters. The van der Waals surface area contributed by atoms with E-state index in [-0.39, 0.29) is 11.0 Å². The van der Waals surface area contributed by atoms with Crippen molar-refractivity contribution >= 4 is 5.94 Å². The van der Waals surface area contributed by atoms with Crippen molar-refractivity contribution < 1.29 is 15.4 Å². The molecule has 0 heterocycles. The van der Waals surface area contributed by atoms with Gasteiger partial charge in [-0.05, 0) is 12.8 Å². The molecule has 0 bridgehead atoms. The van der Waals surface area contributed by atoms with E-state index in [9.17, 15) is 4.79 Å². The summed E-state index contributed by atoms with van der Waals surface area (Å²) in [6.45, 7) is 2.01. The maximum absolute atomic E-state index is 10.1. The van der Waals surface area contributed by atoms with Crippen LogP contribution in [0.25, 0.3) is 0 Å². The number of hydrogen-bond donors (Lipinski definition) is 2. The molecule has 1 unspecified atom stereocenters. The summed E-state index contributed by atoms with van der Waals surface area (Å²) in [5.74, 6) is 1.63. The van der Waals surface area contributed by atoms with Crippen LogP contribution in [0.1, 0.15) is 26.2 Å². The molecule has 0 aromatic carbocycles. The minimum atomic E-state index is -1.12. The van der Waals surface area contributed by atoms with Crippen LogP contribution in [0.2, 0.25) is 0 Å². The van der Waals surface area contributed by atoms with Gasteiger partial charge in [-0.2, -0.15) is 0 Å². The minimum Gasteiger partial charge on any atom is -0.412 e. The molecule has 0 saturated heterocycles. The minimum absolute atomic E-state index is 0. The first-order valence-electron chi connectivity index (χ1n) is 3.39. The van der Waals surface area contributed by atoms with Gasteiger partial charge < -0.3 is 16.3 Å². The first-order valence-corrected chi connectivity index (χ1v) is 3.39. The first kappa shape index (κ1) is 13.0. The Balaban J connectivity index is 0. The van der Waals surface area contributed by atoms with E-state index < -0.39 is 6.23 Å². The zero-order valence-electron chi connectivity index (χ0n) is 6.63. The van der Waals surface area contributed by atoms with E-state index in [1.807, 2.05) is 6.92 Å². The number of hydrogen-bond acceptors (Lipinski definition) is 3. The Bertz CT molecular complexity index is 139. The van der Waals surface area contributed by atoms with E-state index in [0.29, 0.717) is 6.42 Å². The summed E-state index contributed by atoms with van der Waals surface area (Å²) in [6, 6.07) is 0. The van der Waals surface area contributed by atoms with Crippen LogP contribution in [-0.4, -0.2) is 22.8 Å². The molecule has 0 aliphatic heterocycles. The van der Waals surface area contributed by atoms with Crippen molar-refractivity contribution in [2.75, 3.05) is 0 Å². The van der Waals surface area contributed by atoms with Gasteiger partial charge in [0.05, 0.1) is 5.57 Å². The zero-order valence-corrected chi connectivity index (χ0v) is 6.63. The second-order valence-corrected chi connectivity index (χ2v) is 2.18. The standard InChI is InChI=1S/C7H13NO2.H2O/c1-2-3-4-6(5-9)7(8)10;/h7,10H,2-4,8H2,1H3;1H2. The van der Waals surface area contributed by atoms with Crippen molar-refractivity contribution in [3.63, 3.8) is 0 Å². The van der Waals surface area contributed by atoms with Gasteiger partial charge in [-0.25, -0.2) is 4.79 Å². The van der Waals surface area contributed by atoms with Gasteiger partial charge in [0, 0.05) is 0 Å². The fraction of sp³-hybridized carbons (Fsp3) is 0.714. The lowest BCUT2D eigenvalue weighted by molar-refractivity contribution is 0.215. The molecule has 5 N–H and O–H groups in total. The largest absolute Gasteiger partial charge is 0.412 e. The van der Waals surface area contributed by atoms with Crippen LogP contribution in [0.3, 0.4) is 0 Å². The summed E-state index contributed by atoms with van der Waals surface area (Å²) >= 11 is 0. The molecule has 0 saturated carbocycles. The van der Waals surface area contributed by atoms with Crippen LogP contribution in [-0.2, 0) is 4.79 Å². The van der Waals surface area contributed by atoms with Crippen molar-refractivity contribution in [2.24, 2.45) is 5.73 Å². The Morgan fingerprint density at radius 1 is 1.73 bits per heavy atom. The molecule has 0 aromatic rings. The molecular formula is C7H15NO3. The van der Waals surface area contributed by atoms with Crippen LogP contribution < -0.4 is 5.73 Å². The van der Waals surface area contributed by atoms with Crippen LogP contribution in [0.5, 0.6) is 0 Å². The number of carbonyl (C=O) groups excluding carboxylic acids is 1. The van der Waals surface area contributed by atoms with Gasteiger partial charge in [0.1, 0.15) is 12.2 Å². The summed E-state index contributed by atoms with van der Waals surface area (Å²) in [7, 11) is 0. The highest BCUT2D eigenvalue weighted by Crippen LogP contribution is 2.04. The number of nitrogens with two attached hydrogens (primary N) is 1. The SMILES string of the molecule is CCCCC(=C=O)C(N)O.O. The summed E-state index contributed by atoms with van der Waals surface area (Å²) in [5, 5.41) is 8.72. The molecule has 0 aliphatic rings. The zero-order chi connectivity index (χ0) is 7.98. The number of unbranched alkanes of at least 4 members (excludes halogenated alkanes) is 1. The predicted octanol–water partition coefficient (Wildman–Crippen LogP) is -0.613. The normalized spacial score (nSPS) is 11.2. The third-order valence-corrected chi connectivity index (χ3v) is 1.29. The smallest absolute Gasteiger partial charge is 0.135 e. The first-order chi connectivity index (χ1) is 4.72. The average Bonchev–Trinajstić information content (AvgIpc) is 1.89. The third kappa shape index (κ3) is 5.76. The van der Waals surface area contributed by atoms with E-state index in [1.54, 1.807) is 5.94 Å². The lowest BCUT2D eigenvalue weighted by Crippen LogP contribution is -2.21. The molecule has 4 nitrogen and oxygen atoms in total. The van der Waals surface area contributed by atoms with E-state index >= 15 is 0 Å². The average molecular weight is 161 g/mol. The van der Waals surface area contributed by atoms with Crippen LogP contribution in [0.4, 0.5) is 0 Å². The Kier molecular flexibility index (Phi) is 8.76. The van der Waals surface area contributed by atoms with Gasteiger partial charge >= 0.3 is 0 Å². The Morgan fingerprint density at radius 3 is 2.55 bits per heavy atom. The fourth-order valence-corrected chi connectivity index (χ4v) is 0.627. The number of aliphatic hydroxyl groups is 1. The van der Waals surface area contributed by atoms with E-state index in [0.717, 1.165) is 12.8 Å². The van der Waals surface area contributed by atoms with Crippen molar-refractivity contribution in [2.45, 2.75) is 32.4 Å². The van der Waals surface area contributed by atoms with Crippen molar-refractivity contribution in [1.82, 2.24) is 0 Å². The highest BCUT2D eigenvalue weighted by atomic mass is 16.3. The third-order valence-electron chi connectivity index (χ3n) is 1.29. The molecule has 0 spiro atoms. The van der Waals surface area contributed by atoms with Crippen molar-refractivity contribution in [3.05, 3.63) is 5.57 Å². The lowest BCUT2D eigenvalue weighted by atomic mass is 10.1. The summed E-state index contributed by atoms with van der Waals surface area (Å²) in [6.07, 6.45) is 1.29. The van der Waals surface area contributed by atoms with Gasteiger partial charge in [-0.1, -0.05) is 13.3 Å². The molecule has 0 aromatic heterocycles. The molecular weight excluding hydrogens is 146 g/mol. The second kappa shape index (κ2) is 7.44. The number of rotatable bonds is 4. The molecule has 0 radical (unpaired) electrons.